The third kappa shape index (κ3) is 4.45. The lowest BCUT2D eigenvalue weighted by molar-refractivity contribution is -0.122. The highest BCUT2D eigenvalue weighted by atomic mass is 35.5. The van der Waals surface area contributed by atoms with E-state index in [1.165, 1.54) is 12.1 Å². The van der Waals surface area contributed by atoms with Crippen LogP contribution in [0.1, 0.15) is 11.3 Å². The van der Waals surface area contributed by atoms with Gasteiger partial charge in [-0.3, -0.25) is 9.59 Å². The Balaban J connectivity index is 1.54. The molecule has 0 spiro atoms. The van der Waals surface area contributed by atoms with Crippen molar-refractivity contribution in [2.24, 2.45) is 0 Å². The second-order valence-electron chi connectivity index (χ2n) is 7.98. The number of amides is 1. The summed E-state index contributed by atoms with van der Waals surface area (Å²) in [5, 5.41) is 12.7. The lowest BCUT2D eigenvalue weighted by atomic mass is 10.2. The molecule has 0 fully saturated rings. The molecule has 0 aliphatic heterocycles. The lowest BCUT2D eigenvalue weighted by Crippen LogP contribution is -2.34. The van der Waals surface area contributed by atoms with E-state index in [0.29, 0.717) is 27.4 Å². The quantitative estimate of drug-likeness (QED) is 0.392. The number of hydrogen-bond donors (Lipinski definition) is 1. The molecular weight excluding hydrogens is 471 g/mol. The van der Waals surface area contributed by atoms with Crippen LogP contribution in [0.15, 0.2) is 77.9 Å². The van der Waals surface area contributed by atoms with Gasteiger partial charge in [0.05, 0.1) is 11.4 Å². The predicted octanol–water partition coefficient (Wildman–Crippen LogP) is 3.79. The minimum absolute atomic E-state index is 0.207. The molecule has 0 unspecified atom stereocenters. The van der Waals surface area contributed by atoms with E-state index in [0.717, 1.165) is 15.9 Å². The molecule has 0 saturated carbocycles. The molecule has 35 heavy (non-hydrogen) atoms. The molecule has 0 aliphatic rings. The van der Waals surface area contributed by atoms with Crippen molar-refractivity contribution in [2.75, 3.05) is 0 Å². The van der Waals surface area contributed by atoms with Crippen LogP contribution < -0.4 is 10.9 Å². The highest BCUT2D eigenvalue weighted by Crippen LogP contribution is 2.25. The van der Waals surface area contributed by atoms with Gasteiger partial charge in [-0.2, -0.15) is 10.2 Å². The molecule has 0 saturated heterocycles. The third-order valence-corrected chi connectivity index (χ3v) is 5.79. The summed E-state index contributed by atoms with van der Waals surface area (Å²) in [5.74, 6) is -0.212. The zero-order valence-corrected chi connectivity index (χ0v) is 19.4. The molecule has 0 aliphatic carbocycles. The van der Waals surface area contributed by atoms with E-state index in [9.17, 15) is 14.0 Å². The molecule has 176 valence electrons. The minimum atomic E-state index is -0.438. The fraction of sp³-hybridized carbons (Fsp3) is 0.120. The number of nitrogens with one attached hydrogen (secondary N) is 1. The van der Waals surface area contributed by atoms with Gasteiger partial charge in [-0.25, -0.2) is 13.8 Å². The van der Waals surface area contributed by atoms with Crippen LogP contribution in [0.2, 0.25) is 5.02 Å². The summed E-state index contributed by atoms with van der Waals surface area (Å²) >= 11 is 6.06. The molecule has 5 rings (SSSR count). The molecule has 0 radical (unpaired) electrons. The SMILES string of the molecule is Cc1nn(CC(=O)NCc2ccc(F)cc2)c(=O)c2c(-n3cccc3)n(-c3ccc(Cl)cc3)nc12. The molecule has 1 amide bonds. The largest absolute Gasteiger partial charge is 0.350 e. The number of fused-ring (bicyclic) bond motifs is 1. The summed E-state index contributed by atoms with van der Waals surface area (Å²) < 4.78 is 17.7. The van der Waals surface area contributed by atoms with Crippen molar-refractivity contribution < 1.29 is 9.18 Å². The Hall–Kier alpha value is -4.24. The smallest absolute Gasteiger partial charge is 0.280 e. The first-order chi connectivity index (χ1) is 16.9. The van der Waals surface area contributed by atoms with Gasteiger partial charge in [0, 0.05) is 24.0 Å². The summed E-state index contributed by atoms with van der Waals surface area (Å²) in [6.07, 6.45) is 3.63. The highest BCUT2D eigenvalue weighted by molar-refractivity contribution is 6.30. The maximum absolute atomic E-state index is 13.5. The average molecular weight is 491 g/mol. The summed E-state index contributed by atoms with van der Waals surface area (Å²) in [5.41, 5.74) is 1.97. The van der Waals surface area contributed by atoms with Gasteiger partial charge in [0.25, 0.3) is 5.56 Å². The number of rotatable bonds is 6. The van der Waals surface area contributed by atoms with Crippen molar-refractivity contribution in [2.45, 2.75) is 20.0 Å². The van der Waals surface area contributed by atoms with E-state index < -0.39 is 11.5 Å². The number of aromatic nitrogens is 5. The van der Waals surface area contributed by atoms with Crippen molar-refractivity contribution in [1.82, 2.24) is 29.4 Å². The Morgan fingerprint density at radius 3 is 2.40 bits per heavy atom. The van der Waals surface area contributed by atoms with Crippen molar-refractivity contribution >= 4 is 28.4 Å². The van der Waals surface area contributed by atoms with Crippen LogP contribution in [-0.2, 0) is 17.9 Å². The molecule has 10 heteroatoms. The van der Waals surface area contributed by atoms with Crippen LogP contribution >= 0.6 is 11.6 Å². The van der Waals surface area contributed by atoms with E-state index in [2.05, 4.69) is 15.5 Å². The number of halogens is 2. The number of hydrogen-bond acceptors (Lipinski definition) is 4. The Kier molecular flexibility index (Phi) is 5.92. The van der Waals surface area contributed by atoms with Gasteiger partial charge in [0.15, 0.2) is 5.82 Å². The zero-order valence-electron chi connectivity index (χ0n) is 18.7. The zero-order chi connectivity index (χ0) is 24.5. The van der Waals surface area contributed by atoms with Crippen LogP contribution in [-0.4, -0.2) is 30.0 Å². The average Bonchev–Trinajstić information content (AvgIpc) is 3.51. The summed E-state index contributed by atoms with van der Waals surface area (Å²) in [6, 6.07) is 16.6. The first kappa shape index (κ1) is 22.5. The predicted molar refractivity (Wildman–Crippen MR) is 130 cm³/mol. The normalized spacial score (nSPS) is 11.2. The molecule has 2 aromatic carbocycles. The second kappa shape index (κ2) is 9.19. The van der Waals surface area contributed by atoms with Crippen molar-refractivity contribution in [1.29, 1.82) is 0 Å². The molecule has 1 N–H and O–H groups in total. The molecule has 5 aromatic rings. The third-order valence-electron chi connectivity index (χ3n) is 5.54. The van der Waals surface area contributed by atoms with Crippen LogP contribution in [0.25, 0.3) is 22.4 Å². The Labute approximate surface area is 204 Å². The van der Waals surface area contributed by atoms with Gasteiger partial charge >= 0.3 is 0 Å². The van der Waals surface area contributed by atoms with Crippen LogP contribution in [0, 0.1) is 12.7 Å². The highest BCUT2D eigenvalue weighted by Gasteiger charge is 2.22. The van der Waals surface area contributed by atoms with Crippen molar-refractivity contribution in [3.63, 3.8) is 0 Å². The topological polar surface area (TPSA) is 86.7 Å². The molecule has 3 heterocycles. The van der Waals surface area contributed by atoms with Gasteiger partial charge in [0.2, 0.25) is 5.91 Å². The first-order valence-electron chi connectivity index (χ1n) is 10.8. The van der Waals surface area contributed by atoms with Gasteiger partial charge in [-0.1, -0.05) is 23.7 Å². The van der Waals surface area contributed by atoms with Crippen LogP contribution in [0.3, 0.4) is 0 Å². The van der Waals surface area contributed by atoms with Crippen LogP contribution in [0.4, 0.5) is 4.39 Å². The number of carbonyl (C=O) groups is 1. The van der Waals surface area contributed by atoms with Gasteiger partial charge in [0.1, 0.15) is 23.3 Å². The van der Waals surface area contributed by atoms with Gasteiger partial charge < -0.3 is 9.88 Å². The summed E-state index contributed by atoms with van der Waals surface area (Å²) in [7, 11) is 0. The molecule has 3 aromatic heterocycles. The number of nitrogens with zero attached hydrogens (tertiary/aromatic N) is 5. The monoisotopic (exact) mass is 490 g/mol. The Morgan fingerprint density at radius 2 is 1.71 bits per heavy atom. The number of benzene rings is 2. The van der Waals surface area contributed by atoms with E-state index in [1.54, 1.807) is 40.4 Å². The second-order valence-corrected chi connectivity index (χ2v) is 8.41. The van der Waals surface area contributed by atoms with E-state index in [-0.39, 0.29) is 18.9 Å². The summed E-state index contributed by atoms with van der Waals surface area (Å²) in [4.78, 5) is 26.1. The fourth-order valence-electron chi connectivity index (χ4n) is 3.84. The van der Waals surface area contributed by atoms with Crippen LogP contribution in [0.5, 0.6) is 0 Å². The van der Waals surface area contributed by atoms with Crippen molar-refractivity contribution in [3.05, 3.63) is 106 Å². The summed E-state index contributed by atoms with van der Waals surface area (Å²) in [6.45, 7) is 1.68. The first-order valence-corrected chi connectivity index (χ1v) is 11.2. The Morgan fingerprint density at radius 1 is 1.03 bits per heavy atom. The number of carbonyl (C=O) groups excluding carboxylic acids is 1. The lowest BCUT2D eigenvalue weighted by Gasteiger charge is -2.10. The van der Waals surface area contributed by atoms with Gasteiger partial charge in [-0.15, -0.1) is 0 Å². The molecule has 8 nitrogen and oxygen atoms in total. The fourth-order valence-corrected chi connectivity index (χ4v) is 3.97. The maximum atomic E-state index is 13.5. The maximum Gasteiger partial charge on any atom is 0.280 e. The minimum Gasteiger partial charge on any atom is -0.350 e. The standard InChI is InChI=1S/C25H20ClFN6O2/c1-16-23-22(24(31-12-2-3-13-31)33(30-23)20-10-6-18(26)7-11-20)25(35)32(29-16)15-21(34)28-14-17-4-8-19(27)9-5-17/h2-13H,14-15H2,1H3,(H,28,34). The molecular formula is C25H20ClFN6O2. The molecule has 0 bridgehead atoms. The van der Waals surface area contributed by atoms with E-state index >= 15 is 0 Å². The number of aryl methyl sites for hydroxylation is 1. The Bertz CT molecular complexity index is 1570. The van der Waals surface area contributed by atoms with E-state index in [4.69, 9.17) is 11.6 Å². The molecule has 0 atom stereocenters. The van der Waals surface area contributed by atoms with Gasteiger partial charge in [-0.05, 0) is 61.0 Å². The van der Waals surface area contributed by atoms with E-state index in [1.807, 2.05) is 36.7 Å². The van der Waals surface area contributed by atoms with Crippen molar-refractivity contribution in [3.8, 4) is 11.5 Å².